The number of ether oxygens (including phenoxy) is 1. The lowest BCUT2D eigenvalue weighted by molar-refractivity contribution is -0.148. The number of amides is 2. The summed E-state index contributed by atoms with van der Waals surface area (Å²) in [5.74, 6) is -0.920. The molecule has 1 saturated heterocycles. The van der Waals surface area contributed by atoms with E-state index in [-0.39, 0.29) is 30.0 Å². The van der Waals surface area contributed by atoms with Crippen LogP contribution < -0.4 is 10.2 Å². The van der Waals surface area contributed by atoms with E-state index in [4.69, 9.17) is 4.74 Å². The van der Waals surface area contributed by atoms with Gasteiger partial charge in [-0.05, 0) is 59.5 Å². The molecule has 1 heterocycles. The summed E-state index contributed by atoms with van der Waals surface area (Å²) in [4.78, 5) is 39.3. The minimum absolute atomic E-state index is 0.111. The zero-order chi connectivity index (χ0) is 25.5. The molecule has 3 aromatic carbocycles. The van der Waals surface area contributed by atoms with Crippen LogP contribution in [-0.2, 0) is 20.9 Å². The van der Waals surface area contributed by atoms with Gasteiger partial charge < -0.3 is 20.1 Å². The van der Waals surface area contributed by atoms with Gasteiger partial charge in [-0.3, -0.25) is 14.4 Å². The molecule has 7 heteroatoms. The Labute approximate surface area is 210 Å². The molecule has 1 aliphatic rings. The van der Waals surface area contributed by atoms with Gasteiger partial charge in [0, 0.05) is 30.8 Å². The first-order valence-corrected chi connectivity index (χ1v) is 12.2. The van der Waals surface area contributed by atoms with Crippen LogP contribution in [0.15, 0.2) is 72.8 Å². The van der Waals surface area contributed by atoms with Crippen LogP contribution in [0.4, 0.5) is 5.69 Å². The van der Waals surface area contributed by atoms with Gasteiger partial charge in [0.05, 0.1) is 12.5 Å². The van der Waals surface area contributed by atoms with Crippen LogP contribution in [0.1, 0.15) is 42.1 Å². The summed E-state index contributed by atoms with van der Waals surface area (Å²) in [7, 11) is 0. The molecule has 1 aliphatic heterocycles. The number of nitrogens with zero attached hydrogens (tertiary/aromatic N) is 1. The molecule has 7 nitrogen and oxygen atoms in total. The van der Waals surface area contributed by atoms with Crippen LogP contribution in [0.5, 0.6) is 5.75 Å². The van der Waals surface area contributed by atoms with Gasteiger partial charge >= 0.3 is 5.97 Å². The van der Waals surface area contributed by atoms with Gasteiger partial charge in [-0.2, -0.15) is 0 Å². The molecule has 1 atom stereocenters. The van der Waals surface area contributed by atoms with Crippen molar-refractivity contribution in [1.82, 2.24) is 5.32 Å². The topological polar surface area (TPSA) is 95.9 Å². The number of hydrogen-bond donors (Lipinski definition) is 2. The Morgan fingerprint density at radius 2 is 1.81 bits per heavy atom. The highest BCUT2D eigenvalue weighted by atomic mass is 16.5. The van der Waals surface area contributed by atoms with Crippen molar-refractivity contribution in [3.8, 4) is 16.9 Å². The van der Waals surface area contributed by atoms with Crippen molar-refractivity contribution in [2.24, 2.45) is 5.92 Å². The number of carbonyl (C=O) groups is 3. The Balaban J connectivity index is 1.37. The summed E-state index contributed by atoms with van der Waals surface area (Å²) in [6, 6.07) is 21.5. The Hall–Kier alpha value is -4.13. The molecule has 4 rings (SSSR count). The van der Waals surface area contributed by atoms with E-state index in [1.54, 1.807) is 41.3 Å². The van der Waals surface area contributed by atoms with E-state index in [1.165, 1.54) is 0 Å². The third-order valence-corrected chi connectivity index (χ3v) is 6.20. The van der Waals surface area contributed by atoms with E-state index in [0.29, 0.717) is 30.9 Å². The summed E-state index contributed by atoms with van der Waals surface area (Å²) in [6.07, 6.45) is 1.89. The minimum Gasteiger partial charge on any atom is -0.508 e. The highest BCUT2D eigenvalue weighted by Crippen LogP contribution is 2.27. The van der Waals surface area contributed by atoms with E-state index in [0.717, 1.165) is 29.5 Å². The highest BCUT2D eigenvalue weighted by molar-refractivity contribution is 5.99. The van der Waals surface area contributed by atoms with Gasteiger partial charge in [0.15, 0.2) is 0 Å². The van der Waals surface area contributed by atoms with Crippen molar-refractivity contribution in [3.05, 3.63) is 83.9 Å². The van der Waals surface area contributed by atoms with E-state index >= 15 is 0 Å². The first-order chi connectivity index (χ1) is 17.4. The molecule has 186 valence electrons. The van der Waals surface area contributed by atoms with Crippen LogP contribution >= 0.6 is 0 Å². The molecular formula is C29H30N2O5. The zero-order valence-corrected chi connectivity index (χ0v) is 20.3. The highest BCUT2D eigenvalue weighted by Gasteiger charge is 2.36. The van der Waals surface area contributed by atoms with Crippen molar-refractivity contribution in [3.63, 3.8) is 0 Å². The third kappa shape index (κ3) is 6.10. The summed E-state index contributed by atoms with van der Waals surface area (Å²) in [5, 5.41) is 12.4. The Bertz CT molecular complexity index is 1240. The first-order valence-electron chi connectivity index (χ1n) is 12.2. The second-order valence-corrected chi connectivity index (χ2v) is 8.91. The summed E-state index contributed by atoms with van der Waals surface area (Å²) < 4.78 is 5.29. The predicted molar refractivity (Wildman–Crippen MR) is 137 cm³/mol. The van der Waals surface area contributed by atoms with Gasteiger partial charge in [0.25, 0.3) is 5.91 Å². The lowest BCUT2D eigenvalue weighted by Gasteiger charge is -2.18. The quantitative estimate of drug-likeness (QED) is 0.338. The molecule has 3 aromatic rings. The van der Waals surface area contributed by atoms with Gasteiger partial charge in [-0.25, -0.2) is 0 Å². The molecule has 1 unspecified atom stereocenters. The predicted octanol–water partition coefficient (Wildman–Crippen LogP) is 4.69. The molecule has 0 bridgehead atoms. The second kappa shape index (κ2) is 11.5. The van der Waals surface area contributed by atoms with Crippen LogP contribution in [0.3, 0.4) is 0 Å². The average Bonchev–Trinajstić information content (AvgIpc) is 3.30. The molecule has 0 saturated carbocycles. The van der Waals surface area contributed by atoms with E-state index in [1.807, 2.05) is 43.3 Å². The molecule has 0 radical (unpaired) electrons. The van der Waals surface area contributed by atoms with Crippen molar-refractivity contribution in [1.29, 1.82) is 0 Å². The number of rotatable bonds is 9. The summed E-state index contributed by atoms with van der Waals surface area (Å²) in [6.45, 7) is 3.00. The molecular weight excluding hydrogens is 456 g/mol. The SMILES string of the molecule is CCCCOC(=O)C1CC(=O)N(c2cccc(CNC(=O)c3cccc(-c4ccc(O)cc4)c3)c2)C1. The van der Waals surface area contributed by atoms with Crippen molar-refractivity contribution < 1.29 is 24.2 Å². The average molecular weight is 487 g/mol. The Morgan fingerprint density at radius 3 is 2.58 bits per heavy atom. The zero-order valence-electron chi connectivity index (χ0n) is 20.3. The lowest BCUT2D eigenvalue weighted by Crippen LogP contribution is -2.27. The number of nitrogens with one attached hydrogen (secondary N) is 1. The lowest BCUT2D eigenvalue weighted by atomic mass is 10.0. The van der Waals surface area contributed by atoms with Gasteiger partial charge in [0.1, 0.15) is 5.75 Å². The molecule has 0 aliphatic carbocycles. The van der Waals surface area contributed by atoms with Crippen LogP contribution in [0.2, 0.25) is 0 Å². The van der Waals surface area contributed by atoms with Crippen LogP contribution in [-0.4, -0.2) is 36.0 Å². The maximum atomic E-state index is 12.8. The van der Waals surface area contributed by atoms with Crippen LogP contribution in [0, 0.1) is 5.92 Å². The number of unbranched alkanes of at least 4 members (excludes halogenated alkanes) is 1. The smallest absolute Gasteiger partial charge is 0.311 e. The number of hydrogen-bond acceptors (Lipinski definition) is 5. The maximum Gasteiger partial charge on any atom is 0.311 e. The Morgan fingerprint density at radius 1 is 1.03 bits per heavy atom. The summed E-state index contributed by atoms with van der Waals surface area (Å²) in [5.41, 5.74) is 3.84. The van der Waals surface area contributed by atoms with E-state index in [9.17, 15) is 19.5 Å². The number of phenolic OH excluding ortho intramolecular Hbond substituents is 1. The minimum atomic E-state index is -0.460. The number of phenols is 1. The van der Waals surface area contributed by atoms with Crippen molar-refractivity contribution >= 4 is 23.5 Å². The standard InChI is InChI=1S/C29H30N2O5/c1-2-3-14-36-29(35)24-17-27(33)31(19-24)25-9-4-6-20(15-25)18-30-28(34)23-8-5-7-22(16-23)21-10-12-26(32)13-11-21/h4-13,15-16,24,32H,2-3,14,17-19H2,1H3,(H,30,34). The maximum absolute atomic E-state index is 12.8. The second-order valence-electron chi connectivity index (χ2n) is 8.91. The van der Waals surface area contributed by atoms with Gasteiger partial charge in [0.2, 0.25) is 5.91 Å². The molecule has 2 amide bonds. The first kappa shape index (κ1) is 25.0. The normalized spacial score (nSPS) is 15.1. The fraction of sp³-hybridized carbons (Fsp3) is 0.276. The van der Waals surface area contributed by atoms with Gasteiger partial charge in [-0.15, -0.1) is 0 Å². The monoisotopic (exact) mass is 486 g/mol. The molecule has 0 spiro atoms. The number of esters is 1. The van der Waals surface area contributed by atoms with E-state index in [2.05, 4.69) is 5.32 Å². The number of benzene rings is 3. The van der Waals surface area contributed by atoms with E-state index < -0.39 is 5.92 Å². The summed E-state index contributed by atoms with van der Waals surface area (Å²) >= 11 is 0. The number of carbonyl (C=O) groups excluding carboxylic acids is 3. The van der Waals surface area contributed by atoms with Crippen LogP contribution in [0.25, 0.3) is 11.1 Å². The largest absolute Gasteiger partial charge is 0.508 e. The molecule has 2 N–H and O–H groups in total. The molecule has 0 aromatic heterocycles. The number of anilines is 1. The molecule has 36 heavy (non-hydrogen) atoms. The number of aromatic hydroxyl groups is 1. The Kier molecular flexibility index (Phi) is 8.00. The van der Waals surface area contributed by atoms with Crippen molar-refractivity contribution in [2.75, 3.05) is 18.1 Å². The molecule has 1 fully saturated rings. The fourth-order valence-corrected chi connectivity index (χ4v) is 4.16. The van der Waals surface area contributed by atoms with Crippen molar-refractivity contribution in [2.45, 2.75) is 32.7 Å². The fourth-order valence-electron chi connectivity index (χ4n) is 4.16. The van der Waals surface area contributed by atoms with Gasteiger partial charge in [-0.1, -0.05) is 49.7 Å². The third-order valence-electron chi connectivity index (χ3n) is 6.20.